The van der Waals surface area contributed by atoms with E-state index in [4.69, 9.17) is 14.2 Å². The average Bonchev–Trinajstić information content (AvgIpc) is 2.86. The van der Waals surface area contributed by atoms with Gasteiger partial charge in [0.2, 0.25) is 0 Å². The summed E-state index contributed by atoms with van der Waals surface area (Å²) >= 11 is 0. The second-order valence-corrected chi connectivity index (χ2v) is 12.2. The minimum absolute atomic E-state index is 0.0224. The molecule has 3 atom stereocenters. The number of carbonyl (C=O) groups is 1. The van der Waals surface area contributed by atoms with E-state index in [2.05, 4.69) is 53.8 Å². The maximum absolute atomic E-state index is 12.4. The number of ether oxygens (including phenoxy) is 3. The molecule has 5 nitrogen and oxygen atoms in total. The van der Waals surface area contributed by atoms with Crippen LogP contribution < -0.4 is 5.32 Å². The summed E-state index contributed by atoms with van der Waals surface area (Å²) in [6.07, 6.45) is 15.5. The number of hydrogen-bond acceptors (Lipinski definition) is 5. The van der Waals surface area contributed by atoms with Gasteiger partial charge in [0, 0.05) is 29.8 Å². The van der Waals surface area contributed by atoms with Crippen molar-refractivity contribution in [2.24, 2.45) is 11.3 Å². The molecule has 1 spiro atoms. The first-order chi connectivity index (χ1) is 16.6. The maximum Gasteiger partial charge on any atom is 0.305 e. The van der Waals surface area contributed by atoms with Crippen LogP contribution in [-0.4, -0.2) is 42.7 Å². The molecule has 2 saturated heterocycles. The van der Waals surface area contributed by atoms with Crippen molar-refractivity contribution in [2.75, 3.05) is 19.8 Å². The third kappa shape index (κ3) is 8.17. The summed E-state index contributed by atoms with van der Waals surface area (Å²) in [6, 6.07) is 0. The van der Waals surface area contributed by atoms with E-state index in [9.17, 15) is 4.79 Å². The first-order valence-corrected chi connectivity index (χ1v) is 14.8. The van der Waals surface area contributed by atoms with Gasteiger partial charge in [0.05, 0.1) is 18.6 Å². The molecule has 0 radical (unpaired) electrons. The normalized spacial score (nSPS) is 35.3. The Morgan fingerprint density at radius 3 is 1.94 bits per heavy atom. The lowest BCUT2D eigenvalue weighted by molar-refractivity contribution is -0.355. The van der Waals surface area contributed by atoms with Crippen molar-refractivity contribution in [3.63, 3.8) is 0 Å². The van der Waals surface area contributed by atoms with E-state index in [-0.39, 0.29) is 28.4 Å². The highest BCUT2D eigenvalue weighted by atomic mass is 16.7. The molecule has 2 fully saturated rings. The van der Waals surface area contributed by atoms with Crippen molar-refractivity contribution in [3.05, 3.63) is 0 Å². The highest BCUT2D eigenvalue weighted by molar-refractivity contribution is 5.69. The molecule has 2 aliphatic heterocycles. The fourth-order valence-corrected chi connectivity index (χ4v) is 5.89. The predicted molar refractivity (Wildman–Crippen MR) is 144 cm³/mol. The quantitative estimate of drug-likeness (QED) is 0.188. The van der Waals surface area contributed by atoms with Gasteiger partial charge < -0.3 is 19.5 Å². The molecule has 0 saturated carbocycles. The van der Waals surface area contributed by atoms with E-state index in [0.717, 1.165) is 38.5 Å². The van der Waals surface area contributed by atoms with Crippen LogP contribution in [0.2, 0.25) is 0 Å². The van der Waals surface area contributed by atoms with E-state index in [0.29, 0.717) is 26.2 Å². The second kappa shape index (κ2) is 13.8. The van der Waals surface area contributed by atoms with Crippen LogP contribution in [0.25, 0.3) is 0 Å². The summed E-state index contributed by atoms with van der Waals surface area (Å²) in [5.41, 5.74) is -0.322. The lowest BCUT2D eigenvalue weighted by Crippen LogP contribution is -2.73. The Kier molecular flexibility index (Phi) is 12.0. The Morgan fingerprint density at radius 1 is 0.857 bits per heavy atom. The molecular weight excluding hydrogens is 438 g/mol. The van der Waals surface area contributed by atoms with Crippen LogP contribution in [0.15, 0.2) is 0 Å². The van der Waals surface area contributed by atoms with Crippen molar-refractivity contribution in [2.45, 2.75) is 155 Å². The molecule has 2 aliphatic rings. The third-order valence-electron chi connectivity index (χ3n) is 9.37. The zero-order valence-electron chi connectivity index (χ0n) is 24.2. The summed E-state index contributed by atoms with van der Waals surface area (Å²) in [6.45, 7) is 17.3. The highest BCUT2D eigenvalue weighted by Gasteiger charge is 2.59. The van der Waals surface area contributed by atoms with Gasteiger partial charge in [0.1, 0.15) is 6.61 Å². The van der Waals surface area contributed by atoms with E-state index in [1.807, 2.05) is 0 Å². The number of rotatable bonds is 15. The topological polar surface area (TPSA) is 56.8 Å². The Balaban J connectivity index is 1.79. The summed E-state index contributed by atoms with van der Waals surface area (Å²) in [5.74, 6) is -0.433. The molecule has 206 valence electrons. The number of carbonyl (C=O) groups excluding carboxylic acids is 1. The Hall–Kier alpha value is -0.650. The van der Waals surface area contributed by atoms with E-state index < -0.39 is 5.79 Å². The van der Waals surface area contributed by atoms with Crippen molar-refractivity contribution >= 4 is 5.97 Å². The summed E-state index contributed by atoms with van der Waals surface area (Å²) in [7, 11) is 0. The van der Waals surface area contributed by atoms with E-state index in [1.54, 1.807) is 0 Å². The van der Waals surface area contributed by atoms with Gasteiger partial charge in [0.15, 0.2) is 5.79 Å². The number of esters is 1. The van der Waals surface area contributed by atoms with Crippen molar-refractivity contribution in [3.8, 4) is 0 Å². The number of nitrogens with one attached hydrogen (secondary N) is 1. The molecule has 2 rings (SSSR count). The molecule has 0 aromatic rings. The molecule has 0 aromatic heterocycles. The molecular formula is C30H57NO4. The van der Waals surface area contributed by atoms with Crippen LogP contribution in [0.1, 0.15) is 138 Å². The van der Waals surface area contributed by atoms with Gasteiger partial charge in [-0.2, -0.15) is 0 Å². The van der Waals surface area contributed by atoms with Gasteiger partial charge in [0.25, 0.3) is 0 Å². The number of piperidine rings is 1. The predicted octanol–water partition coefficient (Wildman–Crippen LogP) is 7.56. The first-order valence-electron chi connectivity index (χ1n) is 14.8. The zero-order valence-corrected chi connectivity index (χ0v) is 24.2. The SMILES string of the molecule is CCCCCCCCCCCC(=O)OCC1(CC)COC2(CC(C)(CC)NC(C)(CC)C2C)OC1. The summed E-state index contributed by atoms with van der Waals surface area (Å²) in [5, 5.41) is 3.92. The van der Waals surface area contributed by atoms with Gasteiger partial charge in [-0.1, -0.05) is 86.0 Å². The Morgan fingerprint density at radius 2 is 1.43 bits per heavy atom. The smallest absolute Gasteiger partial charge is 0.305 e. The largest absolute Gasteiger partial charge is 0.465 e. The second-order valence-electron chi connectivity index (χ2n) is 12.2. The van der Waals surface area contributed by atoms with Crippen LogP contribution in [0, 0.1) is 11.3 Å². The Bertz CT molecular complexity index is 630. The summed E-state index contributed by atoms with van der Waals surface area (Å²) < 4.78 is 19.1. The zero-order chi connectivity index (χ0) is 26.0. The molecule has 3 unspecified atom stereocenters. The van der Waals surface area contributed by atoms with Crippen molar-refractivity contribution in [1.82, 2.24) is 5.32 Å². The summed E-state index contributed by atoms with van der Waals surface area (Å²) in [4.78, 5) is 12.4. The number of hydrogen-bond donors (Lipinski definition) is 1. The van der Waals surface area contributed by atoms with Crippen LogP contribution in [0.4, 0.5) is 0 Å². The maximum atomic E-state index is 12.4. The van der Waals surface area contributed by atoms with E-state index in [1.165, 1.54) is 44.9 Å². The van der Waals surface area contributed by atoms with Gasteiger partial charge in [-0.25, -0.2) is 0 Å². The molecule has 35 heavy (non-hydrogen) atoms. The van der Waals surface area contributed by atoms with Gasteiger partial charge >= 0.3 is 5.97 Å². The molecule has 5 heteroatoms. The third-order valence-corrected chi connectivity index (χ3v) is 9.37. The molecule has 2 heterocycles. The molecule has 0 aliphatic carbocycles. The molecule has 0 bridgehead atoms. The van der Waals surface area contributed by atoms with Crippen molar-refractivity contribution in [1.29, 1.82) is 0 Å². The molecule has 1 N–H and O–H groups in total. The average molecular weight is 496 g/mol. The minimum Gasteiger partial charge on any atom is -0.465 e. The number of unbranched alkanes of at least 4 members (excludes halogenated alkanes) is 8. The molecule has 0 amide bonds. The lowest BCUT2D eigenvalue weighted by atomic mass is 9.67. The van der Waals surface area contributed by atoms with Gasteiger partial charge in [-0.3, -0.25) is 4.79 Å². The van der Waals surface area contributed by atoms with Gasteiger partial charge in [-0.05, 0) is 39.5 Å². The fourth-order valence-electron chi connectivity index (χ4n) is 5.89. The fraction of sp³-hybridized carbons (Fsp3) is 0.967. The Labute approximate surface area is 216 Å². The van der Waals surface area contributed by atoms with Crippen molar-refractivity contribution < 1.29 is 19.0 Å². The molecule has 0 aromatic carbocycles. The van der Waals surface area contributed by atoms with Crippen LogP contribution in [-0.2, 0) is 19.0 Å². The minimum atomic E-state index is -0.583. The monoisotopic (exact) mass is 495 g/mol. The lowest BCUT2D eigenvalue weighted by Gasteiger charge is -2.60. The van der Waals surface area contributed by atoms with Crippen LogP contribution in [0.3, 0.4) is 0 Å². The first kappa shape index (κ1) is 30.6. The van der Waals surface area contributed by atoms with E-state index >= 15 is 0 Å². The van der Waals surface area contributed by atoms with Crippen LogP contribution in [0.5, 0.6) is 0 Å². The standard InChI is InChI=1S/C30H57NO4/c1-8-12-13-14-15-16-17-18-19-20-26(32)33-22-29(11-4)23-34-30(35-24-29)21-27(6,9-2)31-28(7,10-3)25(30)5/h25,31H,8-24H2,1-7H3. The van der Waals surface area contributed by atoms with Crippen LogP contribution >= 0.6 is 0 Å². The van der Waals surface area contributed by atoms with Gasteiger partial charge in [-0.15, -0.1) is 0 Å². The highest BCUT2D eigenvalue weighted by Crippen LogP contribution is 2.49.